The molecule has 3 aromatic rings. The van der Waals surface area contributed by atoms with Crippen molar-refractivity contribution in [1.82, 2.24) is 9.97 Å². The van der Waals surface area contributed by atoms with Crippen molar-refractivity contribution in [1.29, 1.82) is 5.26 Å². The zero-order valence-corrected chi connectivity index (χ0v) is 26.4. The number of anilines is 2. The Morgan fingerprint density at radius 1 is 1.02 bits per heavy atom. The van der Waals surface area contributed by atoms with Gasteiger partial charge in [-0.15, -0.1) is 0 Å². The fraction of sp³-hybridized carbons (Fsp3) is 0.545. The smallest absolute Gasteiger partial charge is 0.318 e. The molecule has 218 valence electrons. The predicted octanol–water partition coefficient (Wildman–Crippen LogP) is 7.11. The summed E-state index contributed by atoms with van der Waals surface area (Å²) in [5.41, 5.74) is 3.52. The van der Waals surface area contributed by atoms with Crippen LogP contribution in [0, 0.1) is 17.2 Å². The standard InChI is InChI=1S/C33H45N5O2Si/c1-33(2,3)41(4,5)40-22-10-21-39-32-35-29-24-37(30-15-8-13-26-12-6-7-14-27(26)30)20-17-28(29)31(36-32)38-19-9-11-25(23-38)16-18-34/h6-8,12-15,25H,9-11,16-17,19-24H2,1-5H3. The molecule has 2 aliphatic heterocycles. The van der Waals surface area contributed by atoms with E-state index in [4.69, 9.17) is 19.1 Å². The molecule has 0 radical (unpaired) electrons. The van der Waals surface area contributed by atoms with Crippen molar-refractivity contribution in [3.8, 4) is 12.1 Å². The van der Waals surface area contributed by atoms with Crippen molar-refractivity contribution in [3.63, 3.8) is 0 Å². The minimum absolute atomic E-state index is 0.193. The second-order valence-corrected chi connectivity index (χ2v) is 17.9. The van der Waals surface area contributed by atoms with E-state index in [-0.39, 0.29) is 5.04 Å². The second-order valence-electron chi connectivity index (χ2n) is 13.1. The monoisotopic (exact) mass is 571 g/mol. The number of piperidine rings is 1. The van der Waals surface area contributed by atoms with Crippen molar-refractivity contribution in [2.75, 3.05) is 42.6 Å². The SMILES string of the molecule is CC(C)(C)[Si](C)(C)OCCCOc1nc2c(c(N3CCCC(CC#N)C3)n1)CCN(c1cccc3ccccc13)C2. The number of hydrogen-bond acceptors (Lipinski definition) is 7. The van der Waals surface area contributed by atoms with Gasteiger partial charge in [0.15, 0.2) is 8.32 Å². The van der Waals surface area contributed by atoms with Crippen LogP contribution in [0.2, 0.25) is 18.1 Å². The summed E-state index contributed by atoms with van der Waals surface area (Å²) < 4.78 is 12.6. The van der Waals surface area contributed by atoms with E-state index < -0.39 is 8.32 Å². The molecule has 0 bridgehead atoms. The summed E-state index contributed by atoms with van der Waals surface area (Å²) in [6.07, 6.45) is 4.46. The first-order chi connectivity index (χ1) is 19.7. The normalized spacial score (nSPS) is 17.8. The molecule has 0 amide bonds. The summed E-state index contributed by atoms with van der Waals surface area (Å²) in [6.45, 7) is 16.0. The lowest BCUT2D eigenvalue weighted by molar-refractivity contribution is 0.224. The highest BCUT2D eigenvalue weighted by atomic mass is 28.4. The fourth-order valence-electron chi connectivity index (χ4n) is 5.72. The molecule has 1 fully saturated rings. The van der Waals surface area contributed by atoms with Crippen LogP contribution in [0.1, 0.15) is 57.7 Å². The number of rotatable bonds is 9. The lowest BCUT2D eigenvalue weighted by atomic mass is 9.94. The topological polar surface area (TPSA) is 74.5 Å². The molecule has 0 saturated carbocycles. The highest BCUT2D eigenvalue weighted by molar-refractivity contribution is 6.74. The molecule has 0 N–H and O–H groups in total. The first-order valence-corrected chi connectivity index (χ1v) is 18.1. The molecule has 8 heteroatoms. The summed E-state index contributed by atoms with van der Waals surface area (Å²) in [6, 6.07) is 17.9. The Kier molecular flexibility index (Phi) is 8.86. The van der Waals surface area contributed by atoms with Crippen molar-refractivity contribution in [2.24, 2.45) is 5.92 Å². The number of ether oxygens (including phenoxy) is 1. The van der Waals surface area contributed by atoms with Crippen molar-refractivity contribution in [2.45, 2.75) is 77.6 Å². The number of nitriles is 1. The Bertz CT molecular complexity index is 1390. The highest BCUT2D eigenvalue weighted by Crippen LogP contribution is 2.37. The molecule has 2 aromatic carbocycles. The van der Waals surface area contributed by atoms with Crippen LogP contribution in [0.5, 0.6) is 6.01 Å². The molecule has 1 aromatic heterocycles. The van der Waals surface area contributed by atoms with Gasteiger partial charge in [0.2, 0.25) is 0 Å². The third kappa shape index (κ3) is 6.68. The Morgan fingerprint density at radius 2 is 1.83 bits per heavy atom. The number of fused-ring (bicyclic) bond motifs is 2. The molecular weight excluding hydrogens is 526 g/mol. The van der Waals surface area contributed by atoms with Crippen molar-refractivity contribution < 1.29 is 9.16 Å². The van der Waals surface area contributed by atoms with Crippen LogP contribution in [0.15, 0.2) is 42.5 Å². The van der Waals surface area contributed by atoms with Gasteiger partial charge in [-0.2, -0.15) is 15.2 Å². The molecule has 1 saturated heterocycles. The maximum absolute atomic E-state index is 9.33. The van der Waals surface area contributed by atoms with Gasteiger partial charge >= 0.3 is 6.01 Å². The summed E-state index contributed by atoms with van der Waals surface area (Å²) in [5.74, 6) is 1.38. The minimum atomic E-state index is -1.78. The number of nitrogens with zero attached hydrogens (tertiary/aromatic N) is 5. The Labute approximate surface area is 246 Å². The van der Waals surface area contributed by atoms with Gasteiger partial charge in [-0.25, -0.2) is 0 Å². The van der Waals surface area contributed by atoms with Gasteiger partial charge < -0.3 is 19.0 Å². The zero-order valence-electron chi connectivity index (χ0n) is 25.4. The zero-order chi connectivity index (χ0) is 29.0. The highest BCUT2D eigenvalue weighted by Gasteiger charge is 2.37. The van der Waals surface area contributed by atoms with Gasteiger partial charge in [-0.3, -0.25) is 0 Å². The van der Waals surface area contributed by atoms with Crippen molar-refractivity contribution in [3.05, 3.63) is 53.7 Å². The van der Waals surface area contributed by atoms with Crippen LogP contribution in [0.25, 0.3) is 10.8 Å². The molecule has 1 unspecified atom stereocenters. The summed E-state index contributed by atoms with van der Waals surface area (Å²) in [4.78, 5) is 14.8. The molecule has 7 nitrogen and oxygen atoms in total. The van der Waals surface area contributed by atoms with E-state index in [1.54, 1.807) is 0 Å². The van der Waals surface area contributed by atoms with E-state index in [2.05, 4.69) is 92.2 Å². The largest absolute Gasteiger partial charge is 0.463 e. The third-order valence-corrected chi connectivity index (χ3v) is 13.7. The van der Waals surface area contributed by atoms with Gasteiger partial charge in [0, 0.05) is 55.7 Å². The van der Waals surface area contributed by atoms with Gasteiger partial charge in [0.05, 0.1) is 24.9 Å². The predicted molar refractivity (Wildman–Crippen MR) is 169 cm³/mol. The van der Waals surface area contributed by atoms with Gasteiger partial charge in [0.25, 0.3) is 0 Å². The Hall–Kier alpha value is -3.15. The van der Waals surface area contributed by atoms with E-state index in [9.17, 15) is 5.26 Å². The summed E-state index contributed by atoms with van der Waals surface area (Å²) >= 11 is 0. The third-order valence-electron chi connectivity index (χ3n) is 9.12. The summed E-state index contributed by atoms with van der Waals surface area (Å²) in [5, 5.41) is 12.0. The average molecular weight is 572 g/mol. The van der Waals surface area contributed by atoms with Gasteiger partial charge in [-0.05, 0) is 54.8 Å². The molecular formula is C33H45N5O2Si. The van der Waals surface area contributed by atoms with E-state index in [0.717, 1.165) is 63.4 Å². The first kappa shape index (κ1) is 29.3. The maximum atomic E-state index is 9.33. The van der Waals surface area contributed by atoms with Crippen LogP contribution in [-0.2, 0) is 17.4 Å². The fourth-order valence-corrected chi connectivity index (χ4v) is 6.81. The lowest BCUT2D eigenvalue weighted by Gasteiger charge is -2.37. The molecule has 2 aliphatic rings. The molecule has 1 atom stereocenters. The minimum Gasteiger partial charge on any atom is -0.463 e. The van der Waals surface area contributed by atoms with E-state index >= 15 is 0 Å². The number of hydrogen-bond donors (Lipinski definition) is 0. The lowest BCUT2D eigenvalue weighted by Crippen LogP contribution is -2.41. The van der Waals surface area contributed by atoms with Crippen LogP contribution < -0.4 is 14.5 Å². The molecule has 3 heterocycles. The average Bonchev–Trinajstić information content (AvgIpc) is 2.95. The van der Waals surface area contributed by atoms with Gasteiger partial charge in [0.1, 0.15) is 5.82 Å². The Morgan fingerprint density at radius 3 is 2.63 bits per heavy atom. The van der Waals surface area contributed by atoms with Crippen LogP contribution in [0.4, 0.5) is 11.5 Å². The van der Waals surface area contributed by atoms with Gasteiger partial charge in [-0.1, -0.05) is 57.2 Å². The number of aromatic nitrogens is 2. The van der Waals surface area contributed by atoms with Crippen molar-refractivity contribution >= 4 is 30.6 Å². The van der Waals surface area contributed by atoms with E-state index in [0.29, 0.717) is 31.6 Å². The van der Waals surface area contributed by atoms with Crippen LogP contribution in [-0.4, -0.2) is 51.1 Å². The quantitative estimate of drug-likeness (QED) is 0.200. The molecule has 41 heavy (non-hydrogen) atoms. The van der Waals surface area contributed by atoms with Crippen LogP contribution >= 0.6 is 0 Å². The van der Waals surface area contributed by atoms with E-state index in [1.165, 1.54) is 22.0 Å². The molecule has 5 rings (SSSR count). The second kappa shape index (κ2) is 12.4. The molecule has 0 aliphatic carbocycles. The maximum Gasteiger partial charge on any atom is 0.318 e. The first-order valence-electron chi connectivity index (χ1n) is 15.2. The Balaban J connectivity index is 1.37. The molecule has 0 spiro atoms. The summed E-state index contributed by atoms with van der Waals surface area (Å²) in [7, 11) is -1.78. The van der Waals surface area contributed by atoms with E-state index in [1.807, 2.05) is 0 Å². The number of benzene rings is 2. The van der Waals surface area contributed by atoms with Crippen LogP contribution in [0.3, 0.4) is 0 Å².